The second-order valence-corrected chi connectivity index (χ2v) is 4.19. The summed E-state index contributed by atoms with van der Waals surface area (Å²) in [5.74, 6) is -0.709. The first-order valence-corrected chi connectivity index (χ1v) is 5.82. The van der Waals surface area contributed by atoms with Crippen molar-refractivity contribution in [3.05, 3.63) is 59.0 Å². The average Bonchev–Trinajstić information content (AvgIpc) is 2.42. The summed E-state index contributed by atoms with van der Waals surface area (Å²) in [5.41, 5.74) is 7.13. The normalized spacial score (nSPS) is 10.3. The van der Waals surface area contributed by atoms with Gasteiger partial charge in [0.25, 0.3) is 5.91 Å². The van der Waals surface area contributed by atoms with Crippen LogP contribution in [-0.2, 0) is 6.54 Å². The van der Waals surface area contributed by atoms with Crippen molar-refractivity contribution in [3.8, 4) is 0 Å². The van der Waals surface area contributed by atoms with Gasteiger partial charge in [0.05, 0.1) is 5.56 Å². The minimum Gasteiger partial charge on any atom is -0.326 e. The minimum absolute atomic E-state index is 0.00435. The molecule has 98 valence electrons. The molecule has 0 aliphatic carbocycles. The number of nitrogens with one attached hydrogen (secondary N) is 1. The summed E-state index contributed by atoms with van der Waals surface area (Å²) in [6.45, 7) is 2.18. The van der Waals surface area contributed by atoms with Crippen LogP contribution in [0.1, 0.15) is 21.5 Å². The van der Waals surface area contributed by atoms with Crippen molar-refractivity contribution in [2.75, 3.05) is 5.32 Å². The number of amides is 1. The van der Waals surface area contributed by atoms with Crippen LogP contribution in [0.4, 0.5) is 10.2 Å². The second kappa shape index (κ2) is 5.58. The standard InChI is InChI=1S/C14H14FN3O/c1-9-2-4-12(15)11(6-9)14(19)18-13-5-3-10(7-16)8-17-13/h2-6,8H,7,16H2,1H3,(H,17,18,19). The Morgan fingerprint density at radius 2 is 2.16 bits per heavy atom. The Morgan fingerprint density at radius 3 is 2.79 bits per heavy atom. The first kappa shape index (κ1) is 13.2. The number of pyridine rings is 1. The fourth-order valence-corrected chi connectivity index (χ4v) is 1.62. The molecule has 0 fully saturated rings. The molecule has 19 heavy (non-hydrogen) atoms. The number of rotatable bonds is 3. The summed E-state index contributed by atoms with van der Waals surface area (Å²) >= 11 is 0. The largest absolute Gasteiger partial charge is 0.326 e. The summed E-state index contributed by atoms with van der Waals surface area (Å²) in [7, 11) is 0. The molecule has 0 saturated heterocycles. The number of carbonyl (C=O) groups excluding carboxylic acids is 1. The molecule has 0 aliphatic rings. The Kier molecular flexibility index (Phi) is 3.87. The number of anilines is 1. The van der Waals surface area contributed by atoms with E-state index in [0.717, 1.165) is 11.1 Å². The van der Waals surface area contributed by atoms with Crippen molar-refractivity contribution in [3.63, 3.8) is 0 Å². The number of aromatic nitrogens is 1. The minimum atomic E-state index is -0.554. The zero-order chi connectivity index (χ0) is 13.8. The molecule has 0 radical (unpaired) electrons. The predicted octanol–water partition coefficient (Wildman–Crippen LogP) is 2.24. The van der Waals surface area contributed by atoms with Crippen molar-refractivity contribution in [1.82, 2.24) is 4.98 Å². The van der Waals surface area contributed by atoms with Crippen LogP contribution in [-0.4, -0.2) is 10.9 Å². The highest BCUT2D eigenvalue weighted by Gasteiger charge is 2.12. The van der Waals surface area contributed by atoms with Crippen LogP contribution in [0.5, 0.6) is 0 Å². The van der Waals surface area contributed by atoms with Crippen LogP contribution in [0.15, 0.2) is 36.5 Å². The van der Waals surface area contributed by atoms with E-state index in [-0.39, 0.29) is 5.56 Å². The lowest BCUT2D eigenvalue weighted by Crippen LogP contribution is -2.15. The van der Waals surface area contributed by atoms with Crippen LogP contribution in [0.25, 0.3) is 0 Å². The van der Waals surface area contributed by atoms with Gasteiger partial charge in [-0.3, -0.25) is 4.79 Å². The van der Waals surface area contributed by atoms with Gasteiger partial charge in [-0.25, -0.2) is 9.37 Å². The zero-order valence-electron chi connectivity index (χ0n) is 10.5. The lowest BCUT2D eigenvalue weighted by atomic mass is 10.1. The van der Waals surface area contributed by atoms with Gasteiger partial charge in [0.15, 0.2) is 0 Å². The Balaban J connectivity index is 2.18. The van der Waals surface area contributed by atoms with Gasteiger partial charge >= 0.3 is 0 Å². The number of nitrogens with zero attached hydrogens (tertiary/aromatic N) is 1. The molecule has 2 aromatic rings. The third kappa shape index (κ3) is 3.14. The van der Waals surface area contributed by atoms with Crippen molar-refractivity contribution in [2.45, 2.75) is 13.5 Å². The monoisotopic (exact) mass is 259 g/mol. The van der Waals surface area contributed by atoms with E-state index in [0.29, 0.717) is 12.4 Å². The van der Waals surface area contributed by atoms with Gasteiger partial charge in [0.2, 0.25) is 0 Å². The maximum atomic E-state index is 13.5. The number of halogens is 1. The molecule has 1 heterocycles. The highest BCUT2D eigenvalue weighted by Crippen LogP contribution is 2.12. The molecule has 4 nitrogen and oxygen atoms in total. The van der Waals surface area contributed by atoms with E-state index >= 15 is 0 Å². The predicted molar refractivity (Wildman–Crippen MR) is 71.2 cm³/mol. The molecular weight excluding hydrogens is 245 g/mol. The molecule has 0 unspecified atom stereocenters. The molecule has 3 N–H and O–H groups in total. The number of hydrogen-bond donors (Lipinski definition) is 2. The summed E-state index contributed by atoms with van der Waals surface area (Å²) < 4.78 is 13.5. The van der Waals surface area contributed by atoms with Crippen molar-refractivity contribution < 1.29 is 9.18 Å². The van der Waals surface area contributed by atoms with E-state index in [2.05, 4.69) is 10.3 Å². The fraction of sp³-hybridized carbons (Fsp3) is 0.143. The van der Waals surface area contributed by atoms with E-state index in [1.807, 2.05) is 0 Å². The van der Waals surface area contributed by atoms with Crippen LogP contribution in [0.2, 0.25) is 0 Å². The Morgan fingerprint density at radius 1 is 1.37 bits per heavy atom. The Labute approximate surface area is 110 Å². The van der Waals surface area contributed by atoms with Gasteiger partial charge in [-0.2, -0.15) is 0 Å². The first-order chi connectivity index (χ1) is 9.10. The number of benzene rings is 1. The number of carbonyl (C=O) groups is 1. The molecular formula is C14H14FN3O. The van der Waals surface area contributed by atoms with E-state index < -0.39 is 11.7 Å². The first-order valence-electron chi connectivity index (χ1n) is 5.82. The fourth-order valence-electron chi connectivity index (χ4n) is 1.62. The zero-order valence-corrected chi connectivity index (χ0v) is 10.5. The molecule has 0 atom stereocenters. The molecule has 2 rings (SSSR count). The third-order valence-corrected chi connectivity index (χ3v) is 2.67. The lowest BCUT2D eigenvalue weighted by Gasteiger charge is -2.06. The molecule has 5 heteroatoms. The van der Waals surface area contributed by atoms with Gasteiger partial charge in [0.1, 0.15) is 11.6 Å². The summed E-state index contributed by atoms with van der Waals surface area (Å²) in [5, 5.41) is 2.55. The van der Waals surface area contributed by atoms with Crippen LogP contribution < -0.4 is 11.1 Å². The second-order valence-electron chi connectivity index (χ2n) is 4.19. The Bertz CT molecular complexity index is 596. The summed E-state index contributed by atoms with van der Waals surface area (Å²) in [6, 6.07) is 7.78. The number of hydrogen-bond acceptors (Lipinski definition) is 3. The van der Waals surface area contributed by atoms with E-state index in [1.54, 1.807) is 31.3 Å². The molecule has 0 spiro atoms. The molecule has 1 aromatic heterocycles. The number of aryl methyl sites for hydroxylation is 1. The molecule has 0 aliphatic heterocycles. The molecule has 0 bridgehead atoms. The van der Waals surface area contributed by atoms with Crippen LogP contribution in [0.3, 0.4) is 0 Å². The molecule has 0 saturated carbocycles. The van der Waals surface area contributed by atoms with Gasteiger partial charge in [-0.1, -0.05) is 17.7 Å². The van der Waals surface area contributed by atoms with Crippen LogP contribution in [0, 0.1) is 12.7 Å². The van der Waals surface area contributed by atoms with Gasteiger partial charge in [-0.15, -0.1) is 0 Å². The van der Waals surface area contributed by atoms with Gasteiger partial charge in [-0.05, 0) is 30.7 Å². The summed E-state index contributed by atoms with van der Waals surface area (Å²) in [6.07, 6.45) is 1.57. The molecule has 1 amide bonds. The summed E-state index contributed by atoms with van der Waals surface area (Å²) in [4.78, 5) is 16.0. The van der Waals surface area contributed by atoms with Crippen molar-refractivity contribution >= 4 is 11.7 Å². The van der Waals surface area contributed by atoms with Gasteiger partial charge < -0.3 is 11.1 Å². The highest BCUT2D eigenvalue weighted by atomic mass is 19.1. The van der Waals surface area contributed by atoms with E-state index in [9.17, 15) is 9.18 Å². The topological polar surface area (TPSA) is 68.0 Å². The SMILES string of the molecule is Cc1ccc(F)c(C(=O)Nc2ccc(CN)cn2)c1. The average molecular weight is 259 g/mol. The highest BCUT2D eigenvalue weighted by molar-refractivity contribution is 6.04. The molecule has 1 aromatic carbocycles. The van der Waals surface area contributed by atoms with E-state index in [4.69, 9.17) is 5.73 Å². The van der Waals surface area contributed by atoms with Gasteiger partial charge in [0, 0.05) is 12.7 Å². The van der Waals surface area contributed by atoms with Crippen molar-refractivity contribution in [2.24, 2.45) is 5.73 Å². The Hall–Kier alpha value is -2.27. The quantitative estimate of drug-likeness (QED) is 0.888. The maximum absolute atomic E-state index is 13.5. The smallest absolute Gasteiger partial charge is 0.259 e. The maximum Gasteiger partial charge on any atom is 0.259 e. The lowest BCUT2D eigenvalue weighted by molar-refractivity contribution is 0.102. The van der Waals surface area contributed by atoms with Crippen LogP contribution >= 0.6 is 0 Å². The van der Waals surface area contributed by atoms with Crippen molar-refractivity contribution in [1.29, 1.82) is 0 Å². The number of nitrogens with two attached hydrogens (primary N) is 1. The third-order valence-electron chi connectivity index (χ3n) is 2.67. The van der Waals surface area contributed by atoms with E-state index in [1.165, 1.54) is 12.1 Å².